The van der Waals surface area contributed by atoms with Crippen LogP contribution in [-0.2, 0) is 14.0 Å². The normalized spacial score (nSPS) is 15.2. The smallest absolute Gasteiger partial charge is 0.496 e. The molecule has 122 valence electrons. The fourth-order valence-electron chi connectivity index (χ4n) is 2.55. The fraction of sp³-hybridized carbons (Fsp3) is 0.438. The standard InChI is InChI=1S/C16H20BNO5/c1-16(2,3)23-15(19)18-10-13(17-21-7-8-22-17)12-9-11(20-4)5-6-14(12)18/h5-6,9-10H,7-8H2,1-4H3. The van der Waals surface area contributed by atoms with Gasteiger partial charge < -0.3 is 18.8 Å². The number of carbonyl (C=O) groups excluding carboxylic acids is 1. The summed E-state index contributed by atoms with van der Waals surface area (Å²) >= 11 is 0. The van der Waals surface area contributed by atoms with Crippen molar-refractivity contribution in [2.24, 2.45) is 0 Å². The molecule has 23 heavy (non-hydrogen) atoms. The number of ether oxygens (including phenoxy) is 2. The predicted molar refractivity (Wildman–Crippen MR) is 87.4 cm³/mol. The molecule has 0 aliphatic carbocycles. The number of fused-ring (bicyclic) bond motifs is 1. The number of methoxy groups -OCH3 is 1. The summed E-state index contributed by atoms with van der Waals surface area (Å²) in [6.45, 7) is 6.58. The lowest BCUT2D eigenvalue weighted by atomic mass is 9.79. The summed E-state index contributed by atoms with van der Waals surface area (Å²) in [7, 11) is 1.13. The fourth-order valence-corrected chi connectivity index (χ4v) is 2.55. The second-order valence-electron chi connectivity index (χ2n) is 6.39. The molecule has 0 saturated carbocycles. The van der Waals surface area contributed by atoms with Gasteiger partial charge in [0.15, 0.2) is 0 Å². The Morgan fingerprint density at radius 1 is 1.26 bits per heavy atom. The van der Waals surface area contributed by atoms with Crippen LogP contribution in [-0.4, -0.2) is 43.7 Å². The monoisotopic (exact) mass is 317 g/mol. The first-order valence-electron chi connectivity index (χ1n) is 7.54. The molecule has 3 rings (SSSR count). The summed E-state index contributed by atoms with van der Waals surface area (Å²) in [4.78, 5) is 12.5. The molecule has 0 N–H and O–H groups in total. The van der Waals surface area contributed by atoms with E-state index in [1.165, 1.54) is 4.57 Å². The molecule has 7 heteroatoms. The molecule has 0 unspecified atom stereocenters. The average Bonchev–Trinajstić information content (AvgIpc) is 3.11. The van der Waals surface area contributed by atoms with E-state index < -0.39 is 18.8 Å². The van der Waals surface area contributed by atoms with Crippen molar-refractivity contribution in [3.8, 4) is 5.75 Å². The maximum Gasteiger partial charge on any atom is 0.496 e. The Morgan fingerprint density at radius 3 is 2.57 bits per heavy atom. The van der Waals surface area contributed by atoms with Gasteiger partial charge in [-0.2, -0.15) is 0 Å². The molecule has 1 saturated heterocycles. The third-order valence-electron chi connectivity index (χ3n) is 3.51. The minimum absolute atomic E-state index is 0.433. The zero-order valence-electron chi connectivity index (χ0n) is 13.8. The minimum Gasteiger partial charge on any atom is -0.497 e. The molecule has 0 spiro atoms. The Balaban J connectivity index is 2.09. The molecular weight excluding hydrogens is 297 g/mol. The molecule has 0 radical (unpaired) electrons. The molecule has 1 aliphatic heterocycles. The summed E-state index contributed by atoms with van der Waals surface area (Å²) in [6.07, 6.45) is 1.28. The van der Waals surface area contributed by atoms with Crippen molar-refractivity contribution in [2.75, 3.05) is 20.3 Å². The van der Waals surface area contributed by atoms with Gasteiger partial charge in [-0.3, -0.25) is 4.57 Å². The van der Waals surface area contributed by atoms with Gasteiger partial charge in [-0.05, 0) is 39.0 Å². The second kappa shape index (κ2) is 5.90. The lowest BCUT2D eigenvalue weighted by Crippen LogP contribution is -2.32. The maximum atomic E-state index is 12.5. The average molecular weight is 317 g/mol. The number of hydrogen-bond acceptors (Lipinski definition) is 5. The summed E-state index contributed by atoms with van der Waals surface area (Å²) in [5, 5.41) is 0.849. The van der Waals surface area contributed by atoms with E-state index in [1.54, 1.807) is 13.3 Å². The largest absolute Gasteiger partial charge is 0.497 e. The van der Waals surface area contributed by atoms with Crippen LogP contribution in [0.1, 0.15) is 20.8 Å². The van der Waals surface area contributed by atoms with Crippen LogP contribution in [0.5, 0.6) is 5.75 Å². The zero-order valence-corrected chi connectivity index (χ0v) is 13.8. The summed E-state index contributed by atoms with van der Waals surface area (Å²) in [5.41, 5.74) is 0.956. The highest BCUT2D eigenvalue weighted by molar-refractivity contribution is 6.65. The van der Waals surface area contributed by atoms with Gasteiger partial charge in [0.05, 0.1) is 25.8 Å². The molecule has 1 fully saturated rings. The van der Waals surface area contributed by atoms with E-state index in [0.29, 0.717) is 19.0 Å². The minimum atomic E-state index is -0.569. The Labute approximate surface area is 135 Å². The Morgan fingerprint density at radius 2 is 1.96 bits per heavy atom. The third-order valence-corrected chi connectivity index (χ3v) is 3.51. The summed E-state index contributed by atoms with van der Waals surface area (Å²) in [6, 6.07) is 5.51. The summed E-state index contributed by atoms with van der Waals surface area (Å²) in [5.74, 6) is 0.707. The lowest BCUT2D eigenvalue weighted by Gasteiger charge is -2.19. The molecular formula is C16H20BNO5. The molecule has 2 heterocycles. The number of benzene rings is 1. The maximum absolute atomic E-state index is 12.5. The quantitative estimate of drug-likeness (QED) is 0.795. The van der Waals surface area contributed by atoms with E-state index in [4.69, 9.17) is 18.8 Å². The molecule has 1 aliphatic rings. The van der Waals surface area contributed by atoms with Gasteiger partial charge in [0.2, 0.25) is 0 Å². The van der Waals surface area contributed by atoms with Crippen molar-refractivity contribution in [1.29, 1.82) is 0 Å². The predicted octanol–water partition coefficient (Wildman–Crippen LogP) is 2.18. The van der Waals surface area contributed by atoms with Crippen LogP contribution in [0.15, 0.2) is 24.4 Å². The van der Waals surface area contributed by atoms with E-state index in [-0.39, 0.29) is 0 Å². The first-order chi connectivity index (χ1) is 10.9. The molecule has 0 amide bonds. The van der Waals surface area contributed by atoms with Crippen molar-refractivity contribution < 1.29 is 23.6 Å². The van der Waals surface area contributed by atoms with Crippen LogP contribution in [0.4, 0.5) is 4.79 Å². The molecule has 0 bridgehead atoms. The molecule has 1 aromatic carbocycles. The number of aromatic nitrogens is 1. The molecule has 6 nitrogen and oxygen atoms in total. The van der Waals surface area contributed by atoms with Crippen molar-refractivity contribution in [3.63, 3.8) is 0 Å². The molecule has 1 aromatic heterocycles. The lowest BCUT2D eigenvalue weighted by molar-refractivity contribution is 0.0544. The van der Waals surface area contributed by atoms with Gasteiger partial charge in [-0.1, -0.05) is 0 Å². The van der Waals surface area contributed by atoms with Crippen molar-refractivity contribution in [2.45, 2.75) is 26.4 Å². The topological polar surface area (TPSA) is 58.9 Å². The first-order valence-corrected chi connectivity index (χ1v) is 7.54. The van der Waals surface area contributed by atoms with Crippen LogP contribution in [0.2, 0.25) is 0 Å². The van der Waals surface area contributed by atoms with Crippen LogP contribution in [0, 0.1) is 0 Å². The highest BCUT2D eigenvalue weighted by Crippen LogP contribution is 2.23. The van der Waals surface area contributed by atoms with Gasteiger partial charge in [0.25, 0.3) is 0 Å². The Hall–Kier alpha value is -1.99. The van der Waals surface area contributed by atoms with Crippen LogP contribution < -0.4 is 10.2 Å². The summed E-state index contributed by atoms with van der Waals surface area (Å²) < 4.78 is 23.4. The van der Waals surface area contributed by atoms with Gasteiger partial charge >= 0.3 is 13.2 Å². The van der Waals surface area contributed by atoms with Gasteiger partial charge in [-0.15, -0.1) is 0 Å². The van der Waals surface area contributed by atoms with Crippen molar-refractivity contribution in [1.82, 2.24) is 4.57 Å². The number of hydrogen-bond donors (Lipinski definition) is 0. The molecule has 0 atom stereocenters. The van der Waals surface area contributed by atoms with Crippen LogP contribution >= 0.6 is 0 Å². The number of carbonyl (C=O) groups is 1. The first kappa shape index (κ1) is 15.9. The van der Waals surface area contributed by atoms with E-state index in [1.807, 2.05) is 39.0 Å². The highest BCUT2D eigenvalue weighted by atomic mass is 16.6. The molecule has 2 aromatic rings. The van der Waals surface area contributed by atoms with E-state index >= 15 is 0 Å². The Kier molecular flexibility index (Phi) is 4.08. The zero-order chi connectivity index (χ0) is 16.6. The van der Waals surface area contributed by atoms with E-state index in [9.17, 15) is 4.79 Å². The SMILES string of the molecule is COc1ccc2c(c1)c(B1OCCO1)cn2C(=O)OC(C)(C)C. The van der Waals surface area contributed by atoms with Crippen molar-refractivity contribution >= 4 is 29.6 Å². The number of rotatable bonds is 2. The van der Waals surface area contributed by atoms with E-state index in [2.05, 4.69) is 0 Å². The number of nitrogens with zero attached hydrogens (tertiary/aromatic N) is 1. The van der Waals surface area contributed by atoms with Crippen LogP contribution in [0.25, 0.3) is 10.9 Å². The van der Waals surface area contributed by atoms with E-state index in [0.717, 1.165) is 16.4 Å². The Bertz CT molecular complexity index is 728. The van der Waals surface area contributed by atoms with Gasteiger partial charge in [0.1, 0.15) is 11.4 Å². The van der Waals surface area contributed by atoms with Crippen molar-refractivity contribution in [3.05, 3.63) is 24.4 Å². The third kappa shape index (κ3) is 3.21. The van der Waals surface area contributed by atoms with Crippen LogP contribution in [0.3, 0.4) is 0 Å². The van der Waals surface area contributed by atoms with Gasteiger partial charge in [0, 0.05) is 17.0 Å². The van der Waals surface area contributed by atoms with Gasteiger partial charge in [-0.25, -0.2) is 4.79 Å². The highest BCUT2D eigenvalue weighted by Gasteiger charge is 2.31. The second-order valence-corrected chi connectivity index (χ2v) is 6.39.